The van der Waals surface area contributed by atoms with E-state index in [9.17, 15) is 15.0 Å². The highest BCUT2D eigenvalue weighted by atomic mass is 35.5. The van der Waals surface area contributed by atoms with Crippen LogP contribution in [0.2, 0.25) is 10.2 Å². The molecule has 0 spiro atoms. The van der Waals surface area contributed by atoms with Crippen molar-refractivity contribution in [2.75, 3.05) is 0 Å². The van der Waals surface area contributed by atoms with Crippen molar-refractivity contribution in [3.05, 3.63) is 39.8 Å². The van der Waals surface area contributed by atoms with Gasteiger partial charge in [-0.15, -0.1) is 0 Å². The number of aliphatic hydroxyl groups is 1. The maximum absolute atomic E-state index is 11.5. The molecule has 0 aromatic carbocycles. The van der Waals surface area contributed by atoms with Gasteiger partial charge in [-0.05, 0) is 25.0 Å². The molecule has 0 fully saturated rings. The number of pyridine rings is 1. The molecule has 0 saturated heterocycles. The molecule has 5 nitrogen and oxygen atoms in total. The van der Waals surface area contributed by atoms with Crippen molar-refractivity contribution in [2.24, 2.45) is 0 Å². The Morgan fingerprint density at radius 2 is 2.19 bits per heavy atom. The van der Waals surface area contributed by atoms with E-state index in [4.69, 9.17) is 23.2 Å². The van der Waals surface area contributed by atoms with Crippen molar-refractivity contribution < 1.29 is 15.0 Å². The molecular weight excluding hydrogens is 315 g/mol. The van der Waals surface area contributed by atoms with E-state index in [0.29, 0.717) is 29.9 Å². The lowest BCUT2D eigenvalue weighted by Crippen LogP contribution is -2.18. The standard InChI is InChI=1S/C14H12Cl2N2O3/c15-10-9(14(20)21)12-8(19)4-2-6-18(12)11(10)7-3-1-5-17-13(7)16/h1,3,5,8,19H,2,4,6H2,(H,20,21). The van der Waals surface area contributed by atoms with Crippen LogP contribution in [0.15, 0.2) is 18.3 Å². The fourth-order valence-corrected chi connectivity index (χ4v) is 3.38. The lowest BCUT2D eigenvalue weighted by atomic mass is 10.0. The van der Waals surface area contributed by atoms with Crippen molar-refractivity contribution in [1.82, 2.24) is 9.55 Å². The molecule has 0 saturated carbocycles. The van der Waals surface area contributed by atoms with E-state index in [-0.39, 0.29) is 15.7 Å². The second-order valence-corrected chi connectivity index (χ2v) is 5.62. The van der Waals surface area contributed by atoms with Gasteiger partial charge in [-0.2, -0.15) is 0 Å². The number of carboxylic acid groups (broad SMARTS) is 1. The van der Waals surface area contributed by atoms with Crippen LogP contribution in [-0.2, 0) is 6.54 Å². The molecule has 2 N–H and O–H groups in total. The number of aliphatic hydroxyl groups excluding tert-OH is 1. The molecule has 2 aromatic heterocycles. The van der Waals surface area contributed by atoms with Crippen molar-refractivity contribution in [3.63, 3.8) is 0 Å². The summed E-state index contributed by atoms with van der Waals surface area (Å²) in [7, 11) is 0. The van der Waals surface area contributed by atoms with E-state index in [1.807, 2.05) is 0 Å². The molecule has 1 aliphatic heterocycles. The molecule has 1 atom stereocenters. The number of carboxylic acids is 1. The second-order valence-electron chi connectivity index (χ2n) is 4.88. The van der Waals surface area contributed by atoms with E-state index < -0.39 is 12.1 Å². The summed E-state index contributed by atoms with van der Waals surface area (Å²) in [5, 5.41) is 19.9. The van der Waals surface area contributed by atoms with Crippen LogP contribution in [0.4, 0.5) is 0 Å². The summed E-state index contributed by atoms with van der Waals surface area (Å²) in [6.45, 7) is 0.583. The summed E-state index contributed by atoms with van der Waals surface area (Å²) >= 11 is 12.4. The van der Waals surface area contributed by atoms with Crippen molar-refractivity contribution >= 4 is 29.2 Å². The van der Waals surface area contributed by atoms with Crippen LogP contribution >= 0.6 is 23.2 Å². The van der Waals surface area contributed by atoms with Crippen LogP contribution in [0.25, 0.3) is 11.3 Å². The number of hydrogen-bond donors (Lipinski definition) is 2. The lowest BCUT2D eigenvalue weighted by molar-refractivity contribution is 0.0683. The average molecular weight is 327 g/mol. The largest absolute Gasteiger partial charge is 0.478 e. The van der Waals surface area contributed by atoms with Gasteiger partial charge in [-0.25, -0.2) is 9.78 Å². The van der Waals surface area contributed by atoms with E-state index in [1.165, 1.54) is 0 Å². The number of aromatic nitrogens is 2. The van der Waals surface area contributed by atoms with Crippen molar-refractivity contribution in [1.29, 1.82) is 0 Å². The van der Waals surface area contributed by atoms with Crippen LogP contribution in [0.3, 0.4) is 0 Å². The van der Waals surface area contributed by atoms with E-state index in [2.05, 4.69) is 4.98 Å². The molecule has 0 aliphatic carbocycles. The maximum atomic E-state index is 11.5. The number of carbonyl (C=O) groups is 1. The number of rotatable bonds is 2. The summed E-state index contributed by atoms with van der Waals surface area (Å²) in [6, 6.07) is 3.44. The van der Waals surface area contributed by atoms with Gasteiger partial charge in [0, 0.05) is 18.3 Å². The third-order valence-corrected chi connectivity index (χ3v) is 4.32. The van der Waals surface area contributed by atoms with Gasteiger partial charge in [0.25, 0.3) is 0 Å². The number of hydrogen-bond acceptors (Lipinski definition) is 3. The molecule has 7 heteroatoms. The van der Waals surface area contributed by atoms with Gasteiger partial charge in [0.2, 0.25) is 0 Å². The zero-order valence-corrected chi connectivity index (χ0v) is 12.4. The van der Waals surface area contributed by atoms with Crippen molar-refractivity contribution in [3.8, 4) is 11.3 Å². The van der Waals surface area contributed by atoms with Gasteiger partial charge in [-0.1, -0.05) is 23.2 Å². The molecule has 0 bridgehead atoms. The van der Waals surface area contributed by atoms with Crippen molar-refractivity contribution in [2.45, 2.75) is 25.5 Å². The fourth-order valence-electron chi connectivity index (χ4n) is 2.79. The number of fused-ring (bicyclic) bond motifs is 1. The van der Waals surface area contributed by atoms with Gasteiger partial charge >= 0.3 is 5.97 Å². The lowest BCUT2D eigenvalue weighted by Gasteiger charge is -2.23. The highest BCUT2D eigenvalue weighted by Gasteiger charge is 2.33. The first kappa shape index (κ1) is 14.4. The summed E-state index contributed by atoms with van der Waals surface area (Å²) in [5.41, 5.74) is 1.35. The van der Waals surface area contributed by atoms with Crippen LogP contribution in [0.1, 0.15) is 35.0 Å². The Balaban J connectivity index is 2.34. The van der Waals surface area contributed by atoms with E-state index in [1.54, 1.807) is 22.9 Å². The number of aromatic carboxylic acids is 1. The predicted molar refractivity (Wildman–Crippen MR) is 78.8 cm³/mol. The number of nitrogens with zero attached hydrogens (tertiary/aromatic N) is 2. The molecule has 3 rings (SSSR count). The third kappa shape index (κ3) is 2.21. The van der Waals surface area contributed by atoms with Crippen LogP contribution in [-0.4, -0.2) is 25.7 Å². The van der Waals surface area contributed by atoms with Gasteiger partial charge in [0.05, 0.1) is 22.5 Å². The molecular formula is C14H12Cl2N2O3. The maximum Gasteiger partial charge on any atom is 0.339 e. The van der Waals surface area contributed by atoms with E-state index >= 15 is 0 Å². The molecule has 21 heavy (non-hydrogen) atoms. The van der Waals surface area contributed by atoms with Gasteiger partial charge in [0.1, 0.15) is 10.7 Å². The fraction of sp³-hybridized carbons (Fsp3) is 0.286. The SMILES string of the molecule is O=C(O)c1c(Cl)c(-c2cccnc2Cl)n2c1C(O)CCC2. The zero-order chi connectivity index (χ0) is 15.1. The summed E-state index contributed by atoms with van der Waals surface area (Å²) in [4.78, 5) is 15.5. The molecule has 0 radical (unpaired) electrons. The molecule has 1 aliphatic rings. The Bertz CT molecular complexity index is 727. The molecule has 2 aromatic rings. The molecule has 1 unspecified atom stereocenters. The highest BCUT2D eigenvalue weighted by Crippen LogP contribution is 2.43. The Kier molecular flexibility index (Phi) is 3.65. The third-order valence-electron chi connectivity index (χ3n) is 3.65. The van der Waals surface area contributed by atoms with E-state index in [0.717, 1.165) is 6.42 Å². The first-order chi connectivity index (χ1) is 10.0. The number of halogens is 2. The zero-order valence-electron chi connectivity index (χ0n) is 10.9. The minimum Gasteiger partial charge on any atom is -0.478 e. The second kappa shape index (κ2) is 5.33. The molecule has 3 heterocycles. The summed E-state index contributed by atoms with van der Waals surface area (Å²) < 4.78 is 1.74. The smallest absolute Gasteiger partial charge is 0.339 e. The first-order valence-electron chi connectivity index (χ1n) is 6.46. The van der Waals surface area contributed by atoms with Crippen LogP contribution in [0.5, 0.6) is 0 Å². The minimum atomic E-state index is -1.16. The quantitative estimate of drug-likeness (QED) is 0.829. The first-order valence-corrected chi connectivity index (χ1v) is 7.22. The Labute approximate surface area is 130 Å². The highest BCUT2D eigenvalue weighted by molar-refractivity contribution is 6.38. The van der Waals surface area contributed by atoms with Gasteiger partial charge in [0.15, 0.2) is 0 Å². The Morgan fingerprint density at radius 1 is 1.43 bits per heavy atom. The predicted octanol–water partition coefficient (Wildman–Crippen LogP) is 3.38. The van der Waals surface area contributed by atoms with Gasteiger partial charge < -0.3 is 14.8 Å². The Morgan fingerprint density at radius 3 is 2.86 bits per heavy atom. The Hall–Kier alpha value is -1.56. The normalized spacial score (nSPS) is 17.6. The summed E-state index contributed by atoms with van der Waals surface area (Å²) in [5.74, 6) is -1.16. The minimum absolute atomic E-state index is 0.0567. The summed E-state index contributed by atoms with van der Waals surface area (Å²) in [6.07, 6.45) is 1.96. The van der Waals surface area contributed by atoms with Crippen LogP contribution < -0.4 is 0 Å². The molecule has 110 valence electrons. The van der Waals surface area contributed by atoms with Gasteiger partial charge in [-0.3, -0.25) is 0 Å². The van der Waals surface area contributed by atoms with Crippen LogP contribution in [0, 0.1) is 0 Å². The molecule has 0 amide bonds. The average Bonchev–Trinajstić information content (AvgIpc) is 2.73. The topological polar surface area (TPSA) is 75.3 Å². The monoisotopic (exact) mass is 326 g/mol.